The van der Waals surface area contributed by atoms with Crippen LogP contribution in [0.2, 0.25) is 0 Å². The minimum atomic E-state index is -1.00. The zero-order valence-corrected chi connectivity index (χ0v) is 56.0. The van der Waals surface area contributed by atoms with Gasteiger partial charge in [0.05, 0.1) is 58.8 Å². The number of hydrogen-bond donors (Lipinski definition) is 3. The molecule has 4 fully saturated rings. The lowest BCUT2D eigenvalue weighted by molar-refractivity contribution is -0.142. The number of anilines is 1. The number of rotatable bonds is 22. The molecule has 4 aliphatic rings. The van der Waals surface area contributed by atoms with E-state index in [4.69, 9.17) is 38.8 Å². The molecule has 7 heterocycles. The van der Waals surface area contributed by atoms with Crippen molar-refractivity contribution in [1.82, 2.24) is 54.8 Å². The maximum absolute atomic E-state index is 17.0. The van der Waals surface area contributed by atoms with Gasteiger partial charge in [-0.25, -0.2) is 23.5 Å². The number of amides is 3. The molecule has 22 nitrogen and oxygen atoms in total. The number of aromatic nitrogens is 8. The summed E-state index contributed by atoms with van der Waals surface area (Å²) in [5.41, 5.74) is 9.53. The van der Waals surface area contributed by atoms with Crippen molar-refractivity contribution in [3.8, 4) is 44.6 Å². The highest BCUT2D eigenvalue weighted by molar-refractivity contribution is 7.13. The largest absolute Gasteiger partial charge is 0.486 e. The summed E-state index contributed by atoms with van der Waals surface area (Å²) in [6.45, 7) is 18.9. The lowest BCUT2D eigenvalue weighted by atomic mass is 9.88. The van der Waals surface area contributed by atoms with Crippen molar-refractivity contribution < 1.29 is 52.7 Å². The van der Waals surface area contributed by atoms with E-state index in [-0.39, 0.29) is 75.1 Å². The minimum absolute atomic E-state index is 0.0243. The van der Waals surface area contributed by atoms with Gasteiger partial charge in [-0.1, -0.05) is 67.6 Å². The quantitative estimate of drug-likeness (QED) is 0.0571. The Morgan fingerprint density at radius 1 is 0.936 bits per heavy atom. The highest BCUT2D eigenvalue weighted by Crippen LogP contribution is 2.54. The minimum Gasteiger partial charge on any atom is -0.486 e. The van der Waals surface area contributed by atoms with Crippen molar-refractivity contribution in [2.45, 2.75) is 168 Å². The number of fused-ring (bicyclic) bond motifs is 2. The zero-order valence-electron chi connectivity index (χ0n) is 55.2. The van der Waals surface area contributed by atoms with Crippen molar-refractivity contribution in [2.24, 2.45) is 5.92 Å². The Bertz CT molecular complexity index is 4050. The molecule has 0 spiro atoms. The number of thiazole rings is 1. The van der Waals surface area contributed by atoms with Gasteiger partial charge < -0.3 is 53.9 Å². The Hall–Kier alpha value is -8.16. The van der Waals surface area contributed by atoms with Crippen LogP contribution in [-0.4, -0.2) is 161 Å². The van der Waals surface area contributed by atoms with Crippen LogP contribution in [0.5, 0.6) is 11.8 Å². The molecule has 1 saturated carbocycles. The molecule has 3 amide bonds. The number of halogens is 1. The number of hydrogen-bond acceptors (Lipinski definition) is 18. The predicted octanol–water partition coefficient (Wildman–Crippen LogP) is 11.2. The van der Waals surface area contributed by atoms with Gasteiger partial charge in [0, 0.05) is 85.9 Å². The molecule has 12 rings (SSSR count). The molecule has 24 heteroatoms. The smallest absolute Gasteiger partial charge is 0.410 e. The second-order valence-electron chi connectivity index (χ2n) is 26.7. The van der Waals surface area contributed by atoms with Gasteiger partial charge in [0.2, 0.25) is 11.8 Å². The van der Waals surface area contributed by atoms with Crippen LogP contribution in [0.3, 0.4) is 0 Å². The van der Waals surface area contributed by atoms with Gasteiger partial charge in [-0.2, -0.15) is 15.1 Å². The number of likely N-dealkylation sites (N-methyl/N-ethyl adjacent to an activating group) is 1. The molecular weight excluding hydrogens is 1220 g/mol. The fourth-order valence-corrected chi connectivity index (χ4v) is 14.1. The molecule has 1 unspecified atom stereocenters. The zero-order chi connectivity index (χ0) is 66.3. The lowest BCUT2D eigenvalue weighted by Crippen LogP contribution is -2.50. The van der Waals surface area contributed by atoms with Crippen LogP contribution in [-0.2, 0) is 30.4 Å². The van der Waals surface area contributed by atoms with E-state index in [1.165, 1.54) is 20.9 Å². The third-order valence-electron chi connectivity index (χ3n) is 18.4. The molecular formula is C70H85FN12O10S. The van der Waals surface area contributed by atoms with E-state index in [9.17, 15) is 24.6 Å². The Balaban J connectivity index is 0.868. The van der Waals surface area contributed by atoms with E-state index < -0.39 is 47.5 Å². The second kappa shape index (κ2) is 27.7. The number of aliphatic hydroxyl groups excluding tert-OH is 2. The molecule has 94 heavy (non-hydrogen) atoms. The van der Waals surface area contributed by atoms with Crippen molar-refractivity contribution in [1.29, 1.82) is 0 Å². The van der Waals surface area contributed by atoms with Crippen molar-refractivity contribution >= 4 is 56.9 Å². The van der Waals surface area contributed by atoms with Crippen molar-refractivity contribution in [3.05, 3.63) is 112 Å². The lowest BCUT2D eigenvalue weighted by Gasteiger charge is -2.31. The topological polar surface area (TPSA) is 247 Å². The van der Waals surface area contributed by atoms with E-state index in [1.807, 2.05) is 108 Å². The Morgan fingerprint density at radius 2 is 1.70 bits per heavy atom. The van der Waals surface area contributed by atoms with Gasteiger partial charge in [-0.05, 0) is 133 Å². The van der Waals surface area contributed by atoms with Gasteiger partial charge in [0.15, 0.2) is 12.0 Å². The monoisotopic (exact) mass is 1300 g/mol. The molecule has 8 aromatic rings. The normalized spacial score (nSPS) is 19.5. The van der Waals surface area contributed by atoms with E-state index in [2.05, 4.69) is 38.5 Å². The maximum atomic E-state index is 17.0. The van der Waals surface area contributed by atoms with Crippen LogP contribution in [0, 0.1) is 25.6 Å². The Morgan fingerprint density at radius 3 is 2.37 bits per heavy atom. The molecule has 0 radical (unpaired) electrons. The average Bonchev–Trinajstić information content (AvgIpc) is 1.66. The first-order valence-corrected chi connectivity index (χ1v) is 33.7. The van der Waals surface area contributed by atoms with E-state index in [1.54, 1.807) is 36.7 Å². The summed E-state index contributed by atoms with van der Waals surface area (Å²) in [4.78, 5) is 63.6. The molecule has 1 aliphatic carbocycles. The third kappa shape index (κ3) is 13.7. The summed E-state index contributed by atoms with van der Waals surface area (Å²) in [7, 11) is 1.62. The first-order chi connectivity index (χ1) is 45.2. The number of nitrogens with zero attached hydrogens (tertiary/aromatic N) is 11. The Labute approximate surface area is 550 Å². The number of methoxy groups -OCH3 is 1. The van der Waals surface area contributed by atoms with Gasteiger partial charge in [-0.15, -0.1) is 16.4 Å². The molecule has 0 bridgehead atoms. The summed E-state index contributed by atoms with van der Waals surface area (Å²) in [6, 6.07) is 16.3. The number of β-amino-alcohol motifs (C(OH)–C–C–N with tert-alkyl or cyclic N) is 1. The first-order valence-electron chi connectivity index (χ1n) is 32.8. The van der Waals surface area contributed by atoms with Crippen LogP contribution in [0.25, 0.3) is 54.6 Å². The molecule has 498 valence electrons. The molecule has 3 N–H and O–H groups in total. The van der Waals surface area contributed by atoms with Gasteiger partial charge in [0.25, 0.3) is 0 Å². The van der Waals surface area contributed by atoms with Crippen molar-refractivity contribution in [2.75, 3.05) is 58.0 Å². The first kappa shape index (κ1) is 65.9. The number of aliphatic hydroxyl groups is 2. The van der Waals surface area contributed by atoms with Crippen LogP contribution < -0.4 is 19.7 Å². The predicted molar refractivity (Wildman–Crippen MR) is 355 cm³/mol. The number of nitrogens with one attached hydrogen (secondary N) is 1. The van der Waals surface area contributed by atoms with Crippen LogP contribution in [0.1, 0.15) is 146 Å². The maximum Gasteiger partial charge on any atom is 0.410 e. The van der Waals surface area contributed by atoms with Gasteiger partial charge in [-0.3, -0.25) is 9.59 Å². The third-order valence-corrected chi connectivity index (χ3v) is 19.4. The molecule has 3 aliphatic heterocycles. The molecule has 4 aromatic carbocycles. The fourth-order valence-electron chi connectivity index (χ4n) is 13.3. The highest BCUT2D eigenvalue weighted by Gasteiger charge is 2.44. The summed E-state index contributed by atoms with van der Waals surface area (Å²) >= 11 is 1.54. The number of likely N-dealkylation sites (tertiary alicyclic amines) is 2. The van der Waals surface area contributed by atoms with Crippen LogP contribution >= 0.6 is 11.3 Å². The number of aryl methyl sites for hydroxylation is 1. The van der Waals surface area contributed by atoms with Crippen LogP contribution in [0.4, 0.5) is 15.0 Å². The van der Waals surface area contributed by atoms with E-state index in [0.29, 0.717) is 94.2 Å². The van der Waals surface area contributed by atoms with Gasteiger partial charge >= 0.3 is 12.1 Å². The molecule has 4 aromatic heterocycles. The van der Waals surface area contributed by atoms with Gasteiger partial charge in [0.1, 0.15) is 53.7 Å². The summed E-state index contributed by atoms with van der Waals surface area (Å²) in [6.07, 6.45) is 6.68. The van der Waals surface area contributed by atoms with Crippen molar-refractivity contribution in [3.63, 3.8) is 0 Å². The number of carbonyl (C=O) groups excluding carboxylic acids is 3. The SMILES string of the molecule is CCN(c1nc(OC[C@H](C)OC)nc2c(OCc3ccc(-c4cn([C@H](C(=O)N5C[C@H](O)C[C@H]5C(=O)N[C@@H](CO)c5ccc(-c6scnc6C)cc5)C(C)C)nn4)cc3)c(-c3c(C)c(F)cc4c3cnn4C3CCCCO3)c(C3CC3)cc12)[C@H]1CCN(C(=O)OC(C)(C)C)C1. The molecule has 3 saturated heterocycles. The molecule has 7 atom stereocenters. The van der Waals surface area contributed by atoms with E-state index >= 15 is 4.39 Å². The average molecular weight is 1310 g/mol. The van der Waals surface area contributed by atoms with Crippen LogP contribution in [0.15, 0.2) is 78.6 Å². The highest BCUT2D eigenvalue weighted by atomic mass is 32.1. The summed E-state index contributed by atoms with van der Waals surface area (Å²) in [5.74, 6) is -0.448. The number of carbonyl (C=O) groups is 3. The summed E-state index contributed by atoms with van der Waals surface area (Å²) < 4.78 is 51.7. The van der Waals surface area contributed by atoms with E-state index in [0.717, 1.165) is 64.8 Å². The number of benzene rings is 4. The Kier molecular flexibility index (Phi) is 19.4. The number of ether oxygens (including phenoxy) is 5. The second-order valence-corrected chi connectivity index (χ2v) is 27.5. The summed E-state index contributed by atoms with van der Waals surface area (Å²) in [5, 5.41) is 39.8. The fraction of sp³-hybridized carbons (Fsp3) is 0.500. The standard InChI is InChI=1S/C70H85FN12O10S/c1-11-80(48-25-26-79(32-48)69(88)93-70(7,8)9)65-51-29-50(44-19-20-44)60(59-41(5)53(71)30-56-52(59)31-73-83(56)58-14-12-13-27-90-58)63(61(51)75-68(76-65)92-36-40(4)89-10)91-37-43-15-17-45(18-16-43)54-34-82(78-77-54)62(39(2)3)67(87)81-33-49(85)28-57(81)66(86)74-55(35-84)46-21-23-47(24-22-46)64-42(6)72-38-94-64/h15-18,21-24,29-31,34,38-40,44,48-49,55,57-58,62,84-85H,11-14,19-20,25-28,32-33,35-37H2,1-10H3,(H,74,86)/t40-,48-,49+,55-,57-,58?,62-/m0/s1.